The highest BCUT2D eigenvalue weighted by Gasteiger charge is 2.37. The van der Waals surface area contributed by atoms with Gasteiger partial charge in [0, 0.05) is 32.1 Å². The summed E-state index contributed by atoms with van der Waals surface area (Å²) >= 11 is 20.6. The lowest BCUT2D eigenvalue weighted by Gasteiger charge is -2.30. The summed E-state index contributed by atoms with van der Waals surface area (Å²) in [6.07, 6.45) is 5.01. The first kappa shape index (κ1) is 25.5. The van der Waals surface area contributed by atoms with Gasteiger partial charge < -0.3 is 10.1 Å². The molecular formula is C26H25Cl3N4O2S. The van der Waals surface area contributed by atoms with Gasteiger partial charge in [0.15, 0.2) is 0 Å². The number of fused-ring (bicyclic) bond motifs is 1. The van der Waals surface area contributed by atoms with Crippen molar-refractivity contribution in [2.75, 3.05) is 5.32 Å². The van der Waals surface area contributed by atoms with Crippen LogP contribution in [0.15, 0.2) is 58.9 Å². The van der Waals surface area contributed by atoms with Crippen molar-refractivity contribution in [3.8, 4) is 0 Å². The molecule has 1 aliphatic heterocycles. The highest BCUT2D eigenvalue weighted by atomic mass is 35.5. The van der Waals surface area contributed by atoms with Crippen LogP contribution in [-0.4, -0.2) is 26.8 Å². The molecule has 2 heterocycles. The molecule has 36 heavy (non-hydrogen) atoms. The van der Waals surface area contributed by atoms with Gasteiger partial charge in [0.2, 0.25) is 11.1 Å². The summed E-state index contributed by atoms with van der Waals surface area (Å²) < 4.78 is 7.67. The third-order valence-electron chi connectivity index (χ3n) is 6.45. The molecule has 0 bridgehead atoms. The van der Waals surface area contributed by atoms with Crippen LogP contribution in [0.3, 0.4) is 0 Å². The van der Waals surface area contributed by atoms with E-state index in [0.717, 1.165) is 31.2 Å². The second-order valence-corrected chi connectivity index (χ2v) is 11.1. The zero-order valence-electron chi connectivity index (χ0n) is 19.6. The van der Waals surface area contributed by atoms with Gasteiger partial charge in [-0.2, -0.15) is 4.98 Å². The molecule has 3 aromatic rings. The van der Waals surface area contributed by atoms with Gasteiger partial charge in [-0.05, 0) is 56.4 Å². The number of ether oxygens (including phenoxy) is 1. The van der Waals surface area contributed by atoms with Crippen molar-refractivity contribution in [3.63, 3.8) is 0 Å². The lowest BCUT2D eigenvalue weighted by molar-refractivity contribution is -0.146. The van der Waals surface area contributed by atoms with Crippen LogP contribution < -0.4 is 5.32 Å². The number of rotatable bonds is 6. The summed E-state index contributed by atoms with van der Waals surface area (Å²) in [7, 11) is 0. The van der Waals surface area contributed by atoms with Crippen molar-refractivity contribution in [2.24, 2.45) is 0 Å². The maximum Gasteiger partial charge on any atom is 0.338 e. The number of nitrogens with zero attached hydrogens (tertiary/aromatic N) is 3. The van der Waals surface area contributed by atoms with Crippen molar-refractivity contribution in [1.29, 1.82) is 0 Å². The number of hydrogen-bond donors (Lipinski definition) is 1. The van der Waals surface area contributed by atoms with E-state index < -0.39 is 6.04 Å². The standard InChI is InChI=1S/C26H25Cl3N4O2S/c1-15-22(24(34)35-18-8-3-2-4-9-18)23(19-12-11-17(27)13-21(19)29)33-25(30-15)31-26(32-33)36-14-16-7-5-6-10-20(16)28/h5-7,10-13,18,23H,2-4,8-9,14H2,1H3,(H,30,31,32). The quantitative estimate of drug-likeness (QED) is 0.245. The maximum absolute atomic E-state index is 13.5. The Balaban J connectivity index is 1.49. The van der Waals surface area contributed by atoms with Crippen LogP contribution in [0.5, 0.6) is 0 Å². The number of allylic oxidation sites excluding steroid dienone is 1. The fourth-order valence-electron chi connectivity index (χ4n) is 4.62. The van der Waals surface area contributed by atoms with Crippen LogP contribution in [-0.2, 0) is 15.3 Å². The van der Waals surface area contributed by atoms with E-state index in [1.54, 1.807) is 16.8 Å². The third-order valence-corrected chi connectivity index (χ3v) is 8.27. The Hall–Kier alpha value is -2.19. The largest absolute Gasteiger partial charge is 0.459 e. The number of nitrogens with one attached hydrogen (secondary N) is 1. The van der Waals surface area contributed by atoms with Gasteiger partial charge in [-0.3, -0.25) is 0 Å². The van der Waals surface area contributed by atoms with Crippen LogP contribution in [0.1, 0.15) is 56.2 Å². The number of benzene rings is 2. The lowest BCUT2D eigenvalue weighted by Crippen LogP contribution is -2.32. The molecule has 1 aliphatic carbocycles. The number of carbonyl (C=O) groups excluding carboxylic acids is 1. The maximum atomic E-state index is 13.5. The molecule has 2 aliphatic rings. The van der Waals surface area contributed by atoms with Crippen molar-refractivity contribution >= 4 is 58.5 Å². The van der Waals surface area contributed by atoms with Crippen molar-refractivity contribution in [3.05, 3.63) is 79.9 Å². The SMILES string of the molecule is CC1=C(C(=O)OC2CCCCC2)C(c2ccc(Cl)cc2Cl)n2nc(SCc3ccccc3Cl)nc2N1. The van der Waals surface area contributed by atoms with E-state index in [4.69, 9.17) is 44.6 Å². The Labute approximate surface area is 229 Å². The number of thioether (sulfide) groups is 1. The van der Waals surface area contributed by atoms with Gasteiger partial charge >= 0.3 is 5.97 Å². The highest BCUT2D eigenvalue weighted by Crippen LogP contribution is 2.41. The highest BCUT2D eigenvalue weighted by molar-refractivity contribution is 7.98. The molecule has 1 fully saturated rings. The molecule has 5 rings (SSSR count). The molecule has 1 saturated carbocycles. The van der Waals surface area contributed by atoms with E-state index >= 15 is 0 Å². The van der Waals surface area contributed by atoms with E-state index in [-0.39, 0.29) is 12.1 Å². The van der Waals surface area contributed by atoms with Gasteiger partial charge in [0.05, 0.1) is 5.57 Å². The molecule has 0 saturated heterocycles. The zero-order chi connectivity index (χ0) is 25.2. The minimum absolute atomic E-state index is 0.0771. The number of aromatic nitrogens is 3. The molecule has 1 unspecified atom stereocenters. The van der Waals surface area contributed by atoms with E-state index in [1.807, 2.05) is 37.3 Å². The molecule has 6 nitrogen and oxygen atoms in total. The summed E-state index contributed by atoms with van der Waals surface area (Å²) in [5.41, 5.74) is 2.82. The van der Waals surface area contributed by atoms with E-state index in [1.165, 1.54) is 18.2 Å². The molecule has 188 valence electrons. The van der Waals surface area contributed by atoms with Gasteiger partial charge in [-0.25, -0.2) is 9.48 Å². The average molecular weight is 564 g/mol. The van der Waals surface area contributed by atoms with Gasteiger partial charge in [-0.1, -0.05) is 77.3 Å². The molecule has 0 radical (unpaired) electrons. The Morgan fingerprint density at radius 1 is 1.11 bits per heavy atom. The molecule has 1 aromatic heterocycles. The number of hydrogen-bond acceptors (Lipinski definition) is 6. The minimum Gasteiger partial charge on any atom is -0.459 e. The fourth-order valence-corrected chi connectivity index (χ4v) is 6.25. The molecular weight excluding hydrogens is 539 g/mol. The van der Waals surface area contributed by atoms with E-state index in [2.05, 4.69) is 10.3 Å². The summed E-state index contributed by atoms with van der Waals surface area (Å²) in [5, 5.41) is 10.2. The smallest absolute Gasteiger partial charge is 0.338 e. The minimum atomic E-state index is -0.607. The predicted molar refractivity (Wildman–Crippen MR) is 145 cm³/mol. The molecule has 1 N–H and O–H groups in total. The molecule has 0 amide bonds. The van der Waals surface area contributed by atoms with Crippen LogP contribution in [0.25, 0.3) is 0 Å². The number of carbonyl (C=O) groups is 1. The third kappa shape index (κ3) is 5.40. The molecule has 10 heteroatoms. The van der Waals surface area contributed by atoms with Crippen molar-refractivity contribution in [2.45, 2.75) is 62.1 Å². The Kier molecular flexibility index (Phi) is 7.82. The fraction of sp³-hybridized carbons (Fsp3) is 0.346. The summed E-state index contributed by atoms with van der Waals surface area (Å²) in [6.45, 7) is 1.85. The molecule has 2 aromatic carbocycles. The topological polar surface area (TPSA) is 69.0 Å². The first-order valence-electron chi connectivity index (χ1n) is 11.9. The summed E-state index contributed by atoms with van der Waals surface area (Å²) in [5.74, 6) is 0.770. The predicted octanol–water partition coefficient (Wildman–Crippen LogP) is 7.70. The van der Waals surface area contributed by atoms with Gasteiger partial charge in [0.25, 0.3) is 0 Å². The van der Waals surface area contributed by atoms with Crippen LogP contribution in [0, 0.1) is 0 Å². The second kappa shape index (κ2) is 11.1. The number of esters is 1. The zero-order valence-corrected chi connectivity index (χ0v) is 22.7. The monoisotopic (exact) mass is 562 g/mol. The second-order valence-electron chi connectivity index (χ2n) is 8.94. The molecule has 1 atom stereocenters. The van der Waals surface area contributed by atoms with E-state index in [0.29, 0.717) is 48.8 Å². The van der Waals surface area contributed by atoms with Crippen LogP contribution >= 0.6 is 46.6 Å². The van der Waals surface area contributed by atoms with Crippen LogP contribution in [0.4, 0.5) is 5.95 Å². The average Bonchev–Trinajstić information content (AvgIpc) is 3.26. The van der Waals surface area contributed by atoms with Gasteiger partial charge in [0.1, 0.15) is 12.1 Å². The normalized spacial score (nSPS) is 18.1. The van der Waals surface area contributed by atoms with Crippen molar-refractivity contribution < 1.29 is 9.53 Å². The van der Waals surface area contributed by atoms with Gasteiger partial charge in [-0.15, -0.1) is 5.10 Å². The first-order valence-corrected chi connectivity index (χ1v) is 14.0. The Morgan fingerprint density at radius 2 is 1.89 bits per heavy atom. The number of halogens is 3. The van der Waals surface area contributed by atoms with Crippen LogP contribution in [0.2, 0.25) is 15.1 Å². The number of anilines is 1. The van der Waals surface area contributed by atoms with Crippen molar-refractivity contribution in [1.82, 2.24) is 14.8 Å². The lowest BCUT2D eigenvalue weighted by atomic mass is 9.95. The summed E-state index contributed by atoms with van der Waals surface area (Å²) in [6, 6.07) is 12.3. The Bertz CT molecular complexity index is 1320. The Morgan fingerprint density at radius 3 is 2.64 bits per heavy atom. The summed E-state index contributed by atoms with van der Waals surface area (Å²) in [4.78, 5) is 18.2. The first-order chi connectivity index (χ1) is 17.4. The molecule has 0 spiro atoms. The van der Waals surface area contributed by atoms with E-state index in [9.17, 15) is 4.79 Å².